The van der Waals surface area contributed by atoms with E-state index in [-0.39, 0.29) is 5.91 Å². The monoisotopic (exact) mass is 229 g/mol. The van der Waals surface area contributed by atoms with Crippen molar-refractivity contribution in [3.8, 4) is 0 Å². The van der Waals surface area contributed by atoms with Gasteiger partial charge in [-0.1, -0.05) is 18.2 Å². The fourth-order valence-corrected chi connectivity index (χ4v) is 2.05. The van der Waals surface area contributed by atoms with Gasteiger partial charge in [0.1, 0.15) is 0 Å². The number of para-hydroxylation sites is 1. The Bertz CT molecular complexity index is 596. The van der Waals surface area contributed by atoms with Gasteiger partial charge in [-0.15, -0.1) is 0 Å². The SMILES string of the molecule is Cn1cc(NC(=O)C2(N)CC2)c2ccccc21. The molecule has 3 rings (SSSR count). The van der Waals surface area contributed by atoms with E-state index >= 15 is 0 Å². The Morgan fingerprint density at radius 3 is 2.82 bits per heavy atom. The largest absolute Gasteiger partial charge is 0.348 e. The number of nitrogens with one attached hydrogen (secondary N) is 1. The van der Waals surface area contributed by atoms with Crippen molar-refractivity contribution in [3.63, 3.8) is 0 Å². The molecule has 4 heteroatoms. The maximum Gasteiger partial charge on any atom is 0.244 e. The third-order valence-corrected chi connectivity index (χ3v) is 3.39. The molecule has 1 heterocycles. The topological polar surface area (TPSA) is 60.0 Å². The summed E-state index contributed by atoms with van der Waals surface area (Å²) in [5.41, 5.74) is 7.18. The zero-order chi connectivity index (χ0) is 12.0. The van der Waals surface area contributed by atoms with E-state index in [1.54, 1.807) is 0 Å². The Morgan fingerprint density at radius 1 is 1.41 bits per heavy atom. The highest BCUT2D eigenvalue weighted by Gasteiger charge is 2.46. The first kappa shape index (κ1) is 10.4. The third kappa shape index (κ3) is 1.61. The van der Waals surface area contributed by atoms with E-state index in [1.807, 2.05) is 42.1 Å². The second-order valence-electron chi connectivity index (χ2n) is 4.78. The van der Waals surface area contributed by atoms with Gasteiger partial charge in [0, 0.05) is 24.1 Å². The third-order valence-electron chi connectivity index (χ3n) is 3.39. The first-order chi connectivity index (χ1) is 8.10. The highest BCUT2D eigenvalue weighted by molar-refractivity contribution is 6.06. The molecular formula is C13H15N3O. The fourth-order valence-electron chi connectivity index (χ4n) is 2.05. The zero-order valence-corrected chi connectivity index (χ0v) is 9.73. The van der Waals surface area contributed by atoms with E-state index in [4.69, 9.17) is 5.73 Å². The molecule has 1 fully saturated rings. The quantitative estimate of drug-likeness (QED) is 0.821. The number of carbonyl (C=O) groups is 1. The summed E-state index contributed by atoms with van der Waals surface area (Å²) in [6, 6.07) is 7.98. The van der Waals surface area contributed by atoms with Crippen LogP contribution in [-0.2, 0) is 11.8 Å². The van der Waals surface area contributed by atoms with Crippen LogP contribution in [-0.4, -0.2) is 16.0 Å². The number of amides is 1. The van der Waals surface area contributed by atoms with Gasteiger partial charge in [0.25, 0.3) is 0 Å². The van der Waals surface area contributed by atoms with Crippen molar-refractivity contribution < 1.29 is 4.79 Å². The molecule has 0 atom stereocenters. The van der Waals surface area contributed by atoms with E-state index in [2.05, 4.69) is 5.32 Å². The zero-order valence-electron chi connectivity index (χ0n) is 9.73. The van der Waals surface area contributed by atoms with Crippen molar-refractivity contribution >= 4 is 22.5 Å². The highest BCUT2D eigenvalue weighted by Crippen LogP contribution is 2.34. The minimum Gasteiger partial charge on any atom is -0.348 e. The molecule has 4 nitrogen and oxygen atoms in total. The molecule has 1 saturated carbocycles. The lowest BCUT2D eigenvalue weighted by atomic mass is 10.2. The van der Waals surface area contributed by atoms with Crippen molar-refractivity contribution in [2.45, 2.75) is 18.4 Å². The number of benzene rings is 1. The standard InChI is InChI=1S/C13H15N3O/c1-16-8-10(9-4-2-3-5-11(9)16)15-12(17)13(14)6-7-13/h2-5,8H,6-7,14H2,1H3,(H,15,17). The number of fused-ring (bicyclic) bond motifs is 1. The lowest BCUT2D eigenvalue weighted by molar-refractivity contribution is -0.118. The summed E-state index contributed by atoms with van der Waals surface area (Å²) in [6.45, 7) is 0. The fraction of sp³-hybridized carbons (Fsp3) is 0.308. The number of anilines is 1. The maximum atomic E-state index is 11.9. The minimum atomic E-state index is -0.628. The van der Waals surface area contributed by atoms with E-state index in [1.165, 1.54) is 0 Å². The van der Waals surface area contributed by atoms with Crippen LogP contribution in [0.1, 0.15) is 12.8 Å². The number of rotatable bonds is 2. The average Bonchev–Trinajstić information content (AvgIpc) is 3.00. The van der Waals surface area contributed by atoms with Crippen molar-refractivity contribution in [1.29, 1.82) is 0 Å². The van der Waals surface area contributed by atoms with Crippen molar-refractivity contribution in [2.24, 2.45) is 12.8 Å². The first-order valence-corrected chi connectivity index (χ1v) is 5.74. The number of aromatic nitrogens is 1. The molecule has 1 amide bonds. The van der Waals surface area contributed by atoms with E-state index in [0.717, 1.165) is 29.4 Å². The molecule has 17 heavy (non-hydrogen) atoms. The van der Waals surface area contributed by atoms with Crippen LogP contribution < -0.4 is 11.1 Å². The number of nitrogens with zero attached hydrogens (tertiary/aromatic N) is 1. The summed E-state index contributed by atoms with van der Waals surface area (Å²) < 4.78 is 2.00. The smallest absolute Gasteiger partial charge is 0.244 e. The van der Waals surface area contributed by atoms with E-state index < -0.39 is 5.54 Å². The molecule has 0 bridgehead atoms. The lowest BCUT2D eigenvalue weighted by Crippen LogP contribution is -2.37. The minimum absolute atomic E-state index is 0.0751. The Hall–Kier alpha value is -1.81. The summed E-state index contributed by atoms with van der Waals surface area (Å²) >= 11 is 0. The van der Waals surface area contributed by atoms with Crippen LogP contribution in [0.15, 0.2) is 30.5 Å². The summed E-state index contributed by atoms with van der Waals surface area (Å²) in [5, 5.41) is 3.97. The Balaban J connectivity index is 1.98. The second kappa shape index (κ2) is 3.34. The van der Waals surface area contributed by atoms with Crippen LogP contribution in [0.2, 0.25) is 0 Å². The first-order valence-electron chi connectivity index (χ1n) is 5.74. The summed E-state index contributed by atoms with van der Waals surface area (Å²) in [4.78, 5) is 11.9. The molecule has 1 aliphatic rings. The number of aryl methyl sites for hydroxylation is 1. The van der Waals surface area contributed by atoms with Crippen LogP contribution >= 0.6 is 0 Å². The molecule has 1 aromatic carbocycles. The molecule has 0 spiro atoms. The Kier molecular flexibility index (Phi) is 2.03. The van der Waals surface area contributed by atoms with Gasteiger partial charge in [-0.3, -0.25) is 4.79 Å². The maximum absolute atomic E-state index is 11.9. The summed E-state index contributed by atoms with van der Waals surface area (Å²) in [6.07, 6.45) is 3.49. The van der Waals surface area contributed by atoms with Gasteiger partial charge in [-0.05, 0) is 18.9 Å². The molecule has 3 N–H and O–H groups in total. The number of carbonyl (C=O) groups excluding carboxylic acids is 1. The van der Waals surface area contributed by atoms with Crippen LogP contribution in [0.4, 0.5) is 5.69 Å². The summed E-state index contributed by atoms with van der Waals surface area (Å²) in [7, 11) is 1.97. The molecule has 88 valence electrons. The van der Waals surface area contributed by atoms with Crippen LogP contribution in [0, 0.1) is 0 Å². The summed E-state index contributed by atoms with van der Waals surface area (Å²) in [5.74, 6) is -0.0751. The van der Waals surface area contributed by atoms with Crippen molar-refractivity contribution in [2.75, 3.05) is 5.32 Å². The molecule has 1 aliphatic carbocycles. The Morgan fingerprint density at radius 2 is 2.12 bits per heavy atom. The van der Waals surface area contributed by atoms with Crippen LogP contribution in [0.25, 0.3) is 10.9 Å². The van der Waals surface area contributed by atoms with Gasteiger partial charge in [-0.25, -0.2) is 0 Å². The van der Waals surface area contributed by atoms with Crippen molar-refractivity contribution in [3.05, 3.63) is 30.5 Å². The average molecular weight is 229 g/mol. The van der Waals surface area contributed by atoms with Gasteiger partial charge < -0.3 is 15.6 Å². The second-order valence-corrected chi connectivity index (χ2v) is 4.78. The molecule has 0 aliphatic heterocycles. The normalized spacial score (nSPS) is 17.1. The van der Waals surface area contributed by atoms with Gasteiger partial charge in [0.2, 0.25) is 5.91 Å². The predicted molar refractivity (Wildman–Crippen MR) is 67.7 cm³/mol. The van der Waals surface area contributed by atoms with Crippen molar-refractivity contribution in [1.82, 2.24) is 4.57 Å². The number of hydrogen-bond acceptors (Lipinski definition) is 2. The van der Waals surface area contributed by atoms with Gasteiger partial charge in [0.15, 0.2) is 0 Å². The van der Waals surface area contributed by atoms with Crippen LogP contribution in [0.3, 0.4) is 0 Å². The van der Waals surface area contributed by atoms with Gasteiger partial charge >= 0.3 is 0 Å². The van der Waals surface area contributed by atoms with E-state index in [9.17, 15) is 4.79 Å². The van der Waals surface area contributed by atoms with E-state index in [0.29, 0.717) is 0 Å². The molecule has 1 aromatic heterocycles. The predicted octanol–water partition coefficient (Wildman–Crippen LogP) is 1.61. The Labute approximate surface area is 99.4 Å². The molecular weight excluding hydrogens is 214 g/mol. The molecule has 0 saturated heterocycles. The molecule has 0 unspecified atom stereocenters. The highest BCUT2D eigenvalue weighted by atomic mass is 16.2. The number of nitrogens with two attached hydrogens (primary N) is 1. The van der Waals surface area contributed by atoms with Gasteiger partial charge in [-0.2, -0.15) is 0 Å². The molecule has 2 aromatic rings. The molecule has 0 radical (unpaired) electrons. The number of hydrogen-bond donors (Lipinski definition) is 2. The lowest BCUT2D eigenvalue weighted by Gasteiger charge is -2.08. The van der Waals surface area contributed by atoms with Crippen LogP contribution in [0.5, 0.6) is 0 Å². The van der Waals surface area contributed by atoms with Gasteiger partial charge in [0.05, 0.1) is 11.2 Å².